The van der Waals surface area contributed by atoms with E-state index in [1.165, 1.54) is 10.4 Å². The van der Waals surface area contributed by atoms with Gasteiger partial charge < -0.3 is 15.1 Å². The van der Waals surface area contributed by atoms with Gasteiger partial charge in [0, 0.05) is 35.3 Å². The number of aromatic nitrogens is 2. The molecular formula is C25H27N5OS. The van der Waals surface area contributed by atoms with Crippen molar-refractivity contribution in [2.75, 3.05) is 31.5 Å². The average molecular weight is 446 g/mol. The number of hydrogen-bond acceptors (Lipinski definition) is 6. The molecular weight excluding hydrogens is 418 g/mol. The molecule has 0 atom stereocenters. The minimum atomic E-state index is 0.0656. The van der Waals surface area contributed by atoms with Crippen LogP contribution in [0.5, 0.6) is 0 Å². The van der Waals surface area contributed by atoms with Crippen molar-refractivity contribution in [3.05, 3.63) is 58.7 Å². The predicted molar refractivity (Wildman–Crippen MR) is 131 cm³/mol. The van der Waals surface area contributed by atoms with Crippen molar-refractivity contribution < 1.29 is 4.79 Å². The number of nitrogens with zero attached hydrogens (tertiary/aromatic N) is 4. The van der Waals surface area contributed by atoms with Gasteiger partial charge in [0.15, 0.2) is 0 Å². The Hall–Kier alpha value is -3.21. The van der Waals surface area contributed by atoms with Crippen molar-refractivity contribution in [3.63, 3.8) is 0 Å². The summed E-state index contributed by atoms with van der Waals surface area (Å²) in [6.07, 6.45) is 11.6. The lowest BCUT2D eigenvalue weighted by molar-refractivity contribution is -0.126. The molecule has 0 saturated heterocycles. The van der Waals surface area contributed by atoms with E-state index in [2.05, 4.69) is 40.0 Å². The SMILES string of the molecule is C#Cc1cccc(Nc2ncnc3sc4c(c23)CCN(C(=O)C=CCN(CC)CC)C4)c1. The number of likely N-dealkylation sites (N-methyl/N-ethyl adjacent to an activating group) is 1. The first-order valence-electron chi connectivity index (χ1n) is 10.9. The second-order valence-corrected chi connectivity index (χ2v) is 8.74. The lowest BCUT2D eigenvalue weighted by Crippen LogP contribution is -2.34. The highest BCUT2D eigenvalue weighted by molar-refractivity contribution is 7.19. The molecule has 0 bridgehead atoms. The maximum absolute atomic E-state index is 12.7. The van der Waals surface area contributed by atoms with E-state index in [1.54, 1.807) is 23.7 Å². The molecule has 0 fully saturated rings. The monoisotopic (exact) mass is 445 g/mol. The van der Waals surface area contributed by atoms with Crippen LogP contribution >= 0.6 is 11.3 Å². The summed E-state index contributed by atoms with van der Waals surface area (Å²) in [5.41, 5.74) is 2.94. The van der Waals surface area contributed by atoms with Crippen LogP contribution in [0.25, 0.3) is 10.2 Å². The number of terminal acetylenes is 1. The van der Waals surface area contributed by atoms with Crippen LogP contribution < -0.4 is 5.32 Å². The predicted octanol–water partition coefficient (Wildman–Crippen LogP) is 4.20. The Morgan fingerprint density at radius 1 is 1.34 bits per heavy atom. The molecule has 0 unspecified atom stereocenters. The Balaban J connectivity index is 1.54. The summed E-state index contributed by atoms with van der Waals surface area (Å²) in [6.45, 7) is 8.31. The summed E-state index contributed by atoms with van der Waals surface area (Å²) in [7, 11) is 0. The first kappa shape index (κ1) is 22.0. The van der Waals surface area contributed by atoms with Gasteiger partial charge in [-0.2, -0.15) is 0 Å². The van der Waals surface area contributed by atoms with Crippen LogP contribution in [0.15, 0.2) is 42.7 Å². The van der Waals surface area contributed by atoms with Crippen LogP contribution in [0.3, 0.4) is 0 Å². The van der Waals surface area contributed by atoms with E-state index in [4.69, 9.17) is 6.42 Å². The lowest BCUT2D eigenvalue weighted by Gasteiger charge is -2.26. The van der Waals surface area contributed by atoms with Crippen molar-refractivity contribution in [2.45, 2.75) is 26.8 Å². The number of anilines is 2. The van der Waals surface area contributed by atoms with Gasteiger partial charge in [-0.1, -0.05) is 31.9 Å². The van der Waals surface area contributed by atoms with Crippen molar-refractivity contribution in [3.8, 4) is 12.3 Å². The molecule has 2 aromatic heterocycles. The van der Waals surface area contributed by atoms with Crippen LogP contribution in [0.4, 0.5) is 11.5 Å². The first-order valence-corrected chi connectivity index (χ1v) is 11.7. The van der Waals surface area contributed by atoms with Crippen molar-refractivity contribution in [2.24, 2.45) is 0 Å². The van der Waals surface area contributed by atoms with E-state index in [0.717, 1.165) is 53.3 Å². The topological polar surface area (TPSA) is 61.4 Å². The van der Waals surface area contributed by atoms with Crippen LogP contribution in [-0.4, -0.2) is 51.9 Å². The Bertz CT molecular complexity index is 1190. The van der Waals surface area contributed by atoms with Gasteiger partial charge in [0.1, 0.15) is 17.0 Å². The average Bonchev–Trinajstić information content (AvgIpc) is 3.20. The van der Waals surface area contributed by atoms with Gasteiger partial charge in [-0.3, -0.25) is 4.79 Å². The molecule has 1 aliphatic rings. The summed E-state index contributed by atoms with van der Waals surface area (Å²) in [5.74, 6) is 3.51. The zero-order chi connectivity index (χ0) is 22.5. The Morgan fingerprint density at radius 2 is 2.19 bits per heavy atom. The zero-order valence-electron chi connectivity index (χ0n) is 18.5. The Morgan fingerprint density at radius 3 is 2.97 bits per heavy atom. The summed E-state index contributed by atoms with van der Waals surface area (Å²) >= 11 is 1.64. The fourth-order valence-electron chi connectivity index (χ4n) is 3.92. The highest BCUT2D eigenvalue weighted by atomic mass is 32.1. The number of carbonyl (C=O) groups is 1. The van der Waals surface area contributed by atoms with Gasteiger partial charge in [-0.25, -0.2) is 9.97 Å². The quantitative estimate of drug-likeness (QED) is 0.436. The molecule has 1 aromatic carbocycles. The minimum Gasteiger partial charge on any atom is -0.340 e. The van der Waals surface area contributed by atoms with E-state index >= 15 is 0 Å². The molecule has 0 radical (unpaired) electrons. The number of amides is 1. The smallest absolute Gasteiger partial charge is 0.246 e. The zero-order valence-corrected chi connectivity index (χ0v) is 19.3. The van der Waals surface area contributed by atoms with Gasteiger partial charge in [0.2, 0.25) is 5.91 Å². The highest BCUT2D eigenvalue weighted by Gasteiger charge is 2.25. The standard InChI is InChI=1S/C25H27N5OS/c1-4-18-9-7-10-19(15-18)28-24-23-20-12-14-30(16-21(20)32-25(23)27-17-26-24)22(31)11-8-13-29(5-2)6-3/h1,7-11,15,17H,5-6,12-14,16H2,2-3H3,(H,26,27,28). The van der Waals surface area contributed by atoms with Crippen LogP contribution in [0, 0.1) is 12.3 Å². The van der Waals surface area contributed by atoms with E-state index in [0.29, 0.717) is 13.1 Å². The van der Waals surface area contributed by atoms with Crippen LogP contribution in [0.2, 0.25) is 0 Å². The van der Waals surface area contributed by atoms with Crippen molar-refractivity contribution in [1.29, 1.82) is 0 Å². The largest absolute Gasteiger partial charge is 0.340 e. The molecule has 164 valence electrons. The molecule has 4 rings (SSSR count). The molecule has 1 aliphatic heterocycles. The number of benzene rings is 1. The van der Waals surface area contributed by atoms with Gasteiger partial charge in [0.25, 0.3) is 0 Å². The first-order chi connectivity index (χ1) is 15.6. The summed E-state index contributed by atoms with van der Waals surface area (Å²) in [5, 5.41) is 4.45. The van der Waals surface area contributed by atoms with E-state index in [1.807, 2.05) is 35.2 Å². The minimum absolute atomic E-state index is 0.0656. The number of thiophene rings is 1. The fourth-order valence-corrected chi connectivity index (χ4v) is 5.13. The summed E-state index contributed by atoms with van der Waals surface area (Å²) in [4.78, 5) is 28.0. The molecule has 0 aliphatic carbocycles. The van der Waals surface area contributed by atoms with Gasteiger partial charge in [0.05, 0.1) is 11.9 Å². The van der Waals surface area contributed by atoms with Crippen molar-refractivity contribution in [1.82, 2.24) is 19.8 Å². The van der Waals surface area contributed by atoms with E-state index in [-0.39, 0.29) is 5.91 Å². The second kappa shape index (κ2) is 9.94. The number of fused-ring (bicyclic) bond motifs is 3. The number of hydrogen-bond donors (Lipinski definition) is 1. The third kappa shape index (κ3) is 4.67. The lowest BCUT2D eigenvalue weighted by atomic mass is 10.0. The fraction of sp³-hybridized carbons (Fsp3) is 0.320. The molecule has 7 heteroatoms. The second-order valence-electron chi connectivity index (χ2n) is 7.65. The molecule has 1 N–H and O–H groups in total. The van der Waals surface area contributed by atoms with Crippen molar-refractivity contribution >= 4 is 39.0 Å². The maximum Gasteiger partial charge on any atom is 0.246 e. The van der Waals surface area contributed by atoms with Gasteiger partial charge in [-0.15, -0.1) is 17.8 Å². The molecule has 0 saturated carbocycles. The summed E-state index contributed by atoms with van der Waals surface area (Å²) in [6, 6.07) is 7.72. The third-order valence-electron chi connectivity index (χ3n) is 5.76. The maximum atomic E-state index is 12.7. The number of rotatable bonds is 7. The molecule has 3 heterocycles. The summed E-state index contributed by atoms with van der Waals surface area (Å²) < 4.78 is 0. The Labute approximate surface area is 193 Å². The number of nitrogens with one attached hydrogen (secondary N) is 1. The van der Waals surface area contributed by atoms with Crippen LogP contribution in [-0.2, 0) is 17.8 Å². The van der Waals surface area contributed by atoms with Gasteiger partial charge in [-0.05, 0) is 43.3 Å². The third-order valence-corrected chi connectivity index (χ3v) is 6.88. The highest BCUT2D eigenvalue weighted by Crippen LogP contribution is 2.38. The molecule has 1 amide bonds. The van der Waals surface area contributed by atoms with E-state index < -0.39 is 0 Å². The number of carbonyl (C=O) groups excluding carboxylic acids is 1. The molecule has 0 spiro atoms. The molecule has 3 aromatic rings. The van der Waals surface area contributed by atoms with Gasteiger partial charge >= 0.3 is 0 Å². The normalized spacial score (nSPS) is 13.5. The van der Waals surface area contributed by atoms with Crippen LogP contribution in [0.1, 0.15) is 29.9 Å². The van der Waals surface area contributed by atoms with E-state index in [9.17, 15) is 4.79 Å². The molecule has 32 heavy (non-hydrogen) atoms. The Kier molecular flexibility index (Phi) is 6.84. The molecule has 6 nitrogen and oxygen atoms in total.